The van der Waals surface area contributed by atoms with Gasteiger partial charge in [0.1, 0.15) is 0 Å². The van der Waals surface area contributed by atoms with Crippen molar-refractivity contribution in [2.75, 3.05) is 0 Å². The average molecular weight is 737 g/mol. The van der Waals surface area contributed by atoms with Gasteiger partial charge >= 0.3 is 0 Å². The van der Waals surface area contributed by atoms with Crippen LogP contribution >= 0.6 is 0 Å². The summed E-state index contributed by atoms with van der Waals surface area (Å²) < 4.78 is 2.27. The van der Waals surface area contributed by atoms with Crippen LogP contribution in [0.4, 0.5) is 0 Å². The number of benzene rings is 8. The Balaban J connectivity index is 1.12. The molecule has 2 aliphatic carbocycles. The molecule has 8 aromatic carbocycles. The molecule has 4 heteroatoms. The number of aromatic nitrogens is 4. The molecule has 0 unspecified atom stereocenters. The fourth-order valence-corrected chi connectivity index (χ4v) is 10.4. The van der Waals surface area contributed by atoms with Gasteiger partial charge in [0.05, 0.1) is 27.7 Å². The number of fused-ring (bicyclic) bond motifs is 14. The van der Waals surface area contributed by atoms with Gasteiger partial charge in [0, 0.05) is 39.5 Å². The lowest BCUT2D eigenvalue weighted by Gasteiger charge is -2.39. The molecule has 11 aromatic rings. The zero-order valence-electron chi connectivity index (χ0n) is 31.3. The number of nitrogens with zero attached hydrogens (tertiary/aromatic N) is 4. The van der Waals surface area contributed by atoms with E-state index in [1.807, 2.05) is 0 Å². The highest BCUT2D eigenvalue weighted by Crippen LogP contribution is 2.62. The molecule has 2 aliphatic rings. The van der Waals surface area contributed by atoms with Crippen LogP contribution < -0.4 is 0 Å². The van der Waals surface area contributed by atoms with E-state index in [0.717, 1.165) is 49.4 Å². The van der Waals surface area contributed by atoms with Crippen molar-refractivity contribution in [3.63, 3.8) is 0 Å². The van der Waals surface area contributed by atoms with E-state index in [9.17, 15) is 0 Å². The van der Waals surface area contributed by atoms with Crippen LogP contribution in [0, 0.1) is 0 Å². The van der Waals surface area contributed by atoms with Gasteiger partial charge in [0.2, 0.25) is 5.95 Å². The largest absolute Gasteiger partial charge is 0.278 e. The molecule has 0 saturated heterocycles. The highest BCUT2D eigenvalue weighted by molar-refractivity contribution is 6.26. The van der Waals surface area contributed by atoms with Gasteiger partial charge in [-0.05, 0) is 79.2 Å². The molecule has 268 valence electrons. The first-order valence-electron chi connectivity index (χ1n) is 19.9. The quantitative estimate of drug-likeness (QED) is 0.181. The van der Waals surface area contributed by atoms with E-state index in [0.29, 0.717) is 5.95 Å². The zero-order chi connectivity index (χ0) is 38.0. The van der Waals surface area contributed by atoms with Crippen LogP contribution in [0.1, 0.15) is 22.3 Å². The Morgan fingerprint density at radius 3 is 1.67 bits per heavy atom. The van der Waals surface area contributed by atoms with Crippen molar-refractivity contribution in [3.05, 3.63) is 217 Å². The Labute approximate surface area is 334 Å². The summed E-state index contributed by atoms with van der Waals surface area (Å²) in [5, 5.41) is 5.70. The van der Waals surface area contributed by atoms with Crippen LogP contribution in [0.5, 0.6) is 0 Å². The van der Waals surface area contributed by atoms with Crippen molar-refractivity contribution in [2.24, 2.45) is 0 Å². The van der Waals surface area contributed by atoms with Crippen molar-refractivity contribution in [1.82, 2.24) is 19.5 Å². The first-order valence-corrected chi connectivity index (χ1v) is 19.9. The smallest absolute Gasteiger partial charge is 0.235 e. The summed E-state index contributed by atoms with van der Waals surface area (Å²) >= 11 is 0. The predicted octanol–water partition coefficient (Wildman–Crippen LogP) is 13.0. The van der Waals surface area contributed by atoms with Crippen LogP contribution in [-0.4, -0.2) is 19.5 Å². The molecule has 13 rings (SSSR count). The van der Waals surface area contributed by atoms with Crippen molar-refractivity contribution in [2.45, 2.75) is 5.41 Å². The molecule has 0 aliphatic heterocycles. The van der Waals surface area contributed by atoms with Crippen molar-refractivity contribution < 1.29 is 0 Å². The van der Waals surface area contributed by atoms with E-state index in [-0.39, 0.29) is 0 Å². The van der Waals surface area contributed by atoms with Crippen LogP contribution in [0.2, 0.25) is 0 Å². The normalized spacial score (nSPS) is 13.3. The van der Waals surface area contributed by atoms with Crippen LogP contribution in [-0.2, 0) is 5.41 Å². The lowest BCUT2D eigenvalue weighted by molar-refractivity contribution is 0.768. The first kappa shape index (κ1) is 31.5. The van der Waals surface area contributed by atoms with E-state index in [2.05, 4.69) is 199 Å². The summed E-state index contributed by atoms with van der Waals surface area (Å²) in [6, 6.07) is 65.6. The maximum atomic E-state index is 5.47. The van der Waals surface area contributed by atoms with E-state index in [1.54, 1.807) is 0 Å². The third-order valence-electron chi connectivity index (χ3n) is 12.7. The van der Waals surface area contributed by atoms with Gasteiger partial charge in [-0.25, -0.2) is 9.97 Å². The molecule has 4 nitrogen and oxygen atoms in total. The van der Waals surface area contributed by atoms with Crippen molar-refractivity contribution >= 4 is 43.5 Å². The molecule has 58 heavy (non-hydrogen) atoms. The lowest BCUT2D eigenvalue weighted by Crippen LogP contribution is -2.32. The summed E-state index contributed by atoms with van der Waals surface area (Å²) in [4.78, 5) is 15.9. The van der Waals surface area contributed by atoms with Crippen LogP contribution in [0.15, 0.2) is 194 Å². The zero-order valence-corrected chi connectivity index (χ0v) is 31.3. The molecule has 0 atom stereocenters. The predicted molar refractivity (Wildman–Crippen MR) is 236 cm³/mol. The molecular formula is C54H32N4. The van der Waals surface area contributed by atoms with Crippen molar-refractivity contribution in [3.8, 4) is 50.6 Å². The third-order valence-corrected chi connectivity index (χ3v) is 12.7. The fraction of sp³-hybridized carbons (Fsp3) is 0.0185. The highest BCUT2D eigenvalue weighted by Gasteiger charge is 2.50. The number of hydrogen-bond donors (Lipinski definition) is 0. The van der Waals surface area contributed by atoms with E-state index < -0.39 is 5.41 Å². The second kappa shape index (κ2) is 11.7. The minimum atomic E-state index is -0.512. The van der Waals surface area contributed by atoms with Gasteiger partial charge in [0.15, 0.2) is 0 Å². The number of para-hydroxylation sites is 2. The van der Waals surface area contributed by atoms with Crippen LogP contribution in [0.3, 0.4) is 0 Å². The van der Waals surface area contributed by atoms with E-state index >= 15 is 0 Å². The number of hydrogen-bond acceptors (Lipinski definition) is 3. The number of rotatable bonds is 3. The van der Waals surface area contributed by atoms with E-state index in [1.165, 1.54) is 61.0 Å². The minimum absolute atomic E-state index is 0.512. The van der Waals surface area contributed by atoms with Crippen LogP contribution in [0.25, 0.3) is 94.1 Å². The average Bonchev–Trinajstić information content (AvgIpc) is 3.79. The lowest BCUT2D eigenvalue weighted by atomic mass is 9.62. The van der Waals surface area contributed by atoms with Gasteiger partial charge in [-0.2, -0.15) is 0 Å². The summed E-state index contributed by atoms with van der Waals surface area (Å²) in [5.41, 5.74) is 16.9. The van der Waals surface area contributed by atoms with E-state index in [4.69, 9.17) is 15.0 Å². The van der Waals surface area contributed by atoms with Gasteiger partial charge in [-0.15, -0.1) is 0 Å². The Bertz CT molecular complexity index is 3460. The molecule has 0 bridgehead atoms. The van der Waals surface area contributed by atoms with Crippen molar-refractivity contribution in [1.29, 1.82) is 0 Å². The minimum Gasteiger partial charge on any atom is -0.278 e. The monoisotopic (exact) mass is 736 g/mol. The second-order valence-corrected chi connectivity index (χ2v) is 15.5. The molecule has 1 spiro atoms. The number of pyridine rings is 1. The molecule has 3 aromatic heterocycles. The standard InChI is InChI=1S/C54H32N4/c1-2-14-33(15-3-1)34-26-28-35(29-27-34)52-39-19-7-12-24-47(39)56-53(57-52)58-48-25-13-8-20-40(48)51-42-31-55-32-46-50(42)41(30-49(51)58)38-18-6-11-23-45(38)54(46)43-21-9-4-16-36(43)37-17-5-10-22-44(37)54/h1-32H. The second-order valence-electron chi connectivity index (χ2n) is 15.5. The summed E-state index contributed by atoms with van der Waals surface area (Å²) in [7, 11) is 0. The molecule has 0 fully saturated rings. The molecule has 0 amide bonds. The van der Waals surface area contributed by atoms with Gasteiger partial charge < -0.3 is 0 Å². The molecular weight excluding hydrogens is 705 g/mol. The first-order chi connectivity index (χ1) is 28.8. The van der Waals surface area contributed by atoms with Gasteiger partial charge in [-0.3, -0.25) is 9.55 Å². The Kier molecular flexibility index (Phi) is 6.34. The fourth-order valence-electron chi connectivity index (χ4n) is 10.4. The Morgan fingerprint density at radius 2 is 0.948 bits per heavy atom. The molecule has 0 N–H and O–H groups in total. The maximum absolute atomic E-state index is 5.47. The highest BCUT2D eigenvalue weighted by atomic mass is 15.2. The SMILES string of the molecule is c1ccc(-c2ccc(-c3nc(-n4c5ccccc5c5c6cncc7c6c(cc54)-c4ccccc4C74c5ccccc5-c5ccccc54)nc4ccccc34)cc2)cc1. The summed E-state index contributed by atoms with van der Waals surface area (Å²) in [6.07, 6.45) is 4.21. The Hall–Kier alpha value is -7.69. The Morgan fingerprint density at radius 1 is 0.379 bits per heavy atom. The van der Waals surface area contributed by atoms with Gasteiger partial charge in [0.25, 0.3) is 0 Å². The maximum Gasteiger partial charge on any atom is 0.235 e. The van der Waals surface area contributed by atoms with Gasteiger partial charge in [-0.1, -0.05) is 164 Å². The topological polar surface area (TPSA) is 43.6 Å². The molecule has 0 saturated carbocycles. The third kappa shape index (κ3) is 4.05. The summed E-state index contributed by atoms with van der Waals surface area (Å²) in [6.45, 7) is 0. The molecule has 3 heterocycles. The summed E-state index contributed by atoms with van der Waals surface area (Å²) in [5.74, 6) is 0.641. The molecule has 0 radical (unpaired) electrons.